The van der Waals surface area contributed by atoms with Crippen molar-refractivity contribution in [3.05, 3.63) is 46.5 Å². The second kappa shape index (κ2) is 8.20. The number of halogens is 3. The van der Waals surface area contributed by atoms with Crippen molar-refractivity contribution in [1.29, 1.82) is 0 Å². The van der Waals surface area contributed by atoms with E-state index in [2.05, 4.69) is 10.4 Å². The van der Waals surface area contributed by atoms with Crippen molar-refractivity contribution in [1.82, 2.24) is 14.3 Å². The van der Waals surface area contributed by atoms with Gasteiger partial charge in [-0.05, 0) is 25.3 Å². The number of nitrogens with zero attached hydrogens (tertiary/aromatic N) is 3. The number of aromatic nitrogens is 3. The van der Waals surface area contributed by atoms with E-state index in [1.165, 1.54) is 0 Å². The molecule has 6 nitrogen and oxygen atoms in total. The number of rotatable bonds is 6. The third-order valence-electron chi connectivity index (χ3n) is 5.16. The highest BCUT2D eigenvalue weighted by atomic mass is 19.4. The molecule has 1 N–H and O–H groups in total. The maximum absolute atomic E-state index is 12.9. The molecule has 1 atom stereocenters. The van der Waals surface area contributed by atoms with Crippen molar-refractivity contribution in [2.45, 2.75) is 57.8 Å². The molecular weight excluding hydrogens is 373 g/mol. The number of hydrogen-bond donors (Lipinski definition) is 1. The quantitative estimate of drug-likeness (QED) is 0.807. The minimum atomic E-state index is -4.60. The van der Waals surface area contributed by atoms with Crippen LogP contribution in [-0.2, 0) is 17.5 Å². The van der Waals surface area contributed by atoms with Crippen molar-refractivity contribution in [3.63, 3.8) is 0 Å². The summed E-state index contributed by atoms with van der Waals surface area (Å²) in [5, 5.41) is 6.88. The van der Waals surface area contributed by atoms with Crippen LogP contribution in [0.2, 0.25) is 0 Å². The molecule has 1 saturated carbocycles. The Balaban J connectivity index is 1.87. The van der Waals surface area contributed by atoms with Crippen molar-refractivity contribution in [3.8, 4) is 0 Å². The normalized spacial score (nSPS) is 16.3. The lowest BCUT2D eigenvalue weighted by atomic mass is 9.97. The Kier molecular flexibility index (Phi) is 5.90. The number of alkyl halides is 3. The molecular formula is C19H23F3N4O2. The predicted molar refractivity (Wildman–Crippen MR) is 97.8 cm³/mol. The van der Waals surface area contributed by atoms with Gasteiger partial charge in [-0.2, -0.15) is 18.3 Å². The van der Waals surface area contributed by atoms with Crippen LogP contribution in [0.3, 0.4) is 0 Å². The highest BCUT2D eigenvalue weighted by Gasteiger charge is 2.33. The number of anilines is 1. The topological polar surface area (TPSA) is 68.9 Å². The van der Waals surface area contributed by atoms with Gasteiger partial charge in [-0.1, -0.05) is 25.7 Å². The molecule has 2 aromatic rings. The second-order valence-electron chi connectivity index (χ2n) is 7.11. The van der Waals surface area contributed by atoms with Gasteiger partial charge < -0.3 is 9.88 Å². The van der Waals surface area contributed by atoms with E-state index in [0.717, 1.165) is 42.5 Å². The molecule has 9 heteroatoms. The molecule has 0 bridgehead atoms. The average molecular weight is 396 g/mol. The molecule has 0 spiro atoms. The van der Waals surface area contributed by atoms with Gasteiger partial charge >= 0.3 is 6.18 Å². The first kappa shape index (κ1) is 20.2. The molecule has 3 rings (SSSR count). The molecule has 28 heavy (non-hydrogen) atoms. The van der Waals surface area contributed by atoms with E-state index in [9.17, 15) is 22.8 Å². The molecule has 1 amide bonds. The minimum absolute atomic E-state index is 0.262. The van der Waals surface area contributed by atoms with E-state index in [4.69, 9.17) is 0 Å². The van der Waals surface area contributed by atoms with Gasteiger partial charge in [0.05, 0.1) is 5.56 Å². The van der Waals surface area contributed by atoms with Crippen molar-refractivity contribution < 1.29 is 18.0 Å². The molecule has 0 saturated heterocycles. The lowest BCUT2D eigenvalue weighted by Crippen LogP contribution is -2.34. The standard InChI is InChI=1S/C19H23F3N4O2/c1-2-25-9-8-16(24-25)23-18(28)15(11-13-5-3-4-6-13)26-10-7-14(12-17(26)27)19(20,21)22/h7-10,12-13,15H,2-6,11H2,1H3,(H,23,24,28). The van der Waals surface area contributed by atoms with Gasteiger partial charge in [0.2, 0.25) is 5.91 Å². The lowest BCUT2D eigenvalue weighted by molar-refractivity contribution is -0.137. The smallest absolute Gasteiger partial charge is 0.307 e. The Morgan fingerprint density at radius 3 is 2.57 bits per heavy atom. The van der Waals surface area contributed by atoms with Crippen molar-refractivity contribution in [2.75, 3.05) is 5.32 Å². The first-order valence-electron chi connectivity index (χ1n) is 9.41. The van der Waals surface area contributed by atoms with Crippen LogP contribution in [0.4, 0.5) is 19.0 Å². The molecule has 2 heterocycles. The molecule has 1 fully saturated rings. The Hall–Kier alpha value is -2.58. The third kappa shape index (κ3) is 4.63. The number of carbonyl (C=O) groups is 1. The number of carbonyl (C=O) groups excluding carboxylic acids is 1. The molecule has 0 aliphatic heterocycles. The van der Waals surface area contributed by atoms with Gasteiger partial charge in [0.25, 0.3) is 5.56 Å². The molecule has 1 aliphatic rings. The number of aryl methyl sites for hydroxylation is 1. The molecule has 2 aromatic heterocycles. The van der Waals surface area contributed by atoms with Gasteiger partial charge in [-0.3, -0.25) is 14.3 Å². The summed E-state index contributed by atoms with van der Waals surface area (Å²) >= 11 is 0. The van der Waals surface area contributed by atoms with Crippen LogP contribution in [0, 0.1) is 5.92 Å². The van der Waals surface area contributed by atoms with E-state index < -0.39 is 29.2 Å². The predicted octanol–water partition coefficient (Wildman–Crippen LogP) is 3.84. The SMILES string of the molecule is CCn1ccc(NC(=O)C(CC2CCCC2)n2ccc(C(F)(F)F)cc2=O)n1. The van der Waals surface area contributed by atoms with Gasteiger partial charge in [0.15, 0.2) is 5.82 Å². The first-order chi connectivity index (χ1) is 13.3. The summed E-state index contributed by atoms with van der Waals surface area (Å²) < 4.78 is 41.4. The number of amides is 1. The fourth-order valence-electron chi connectivity index (χ4n) is 3.65. The number of hydrogen-bond acceptors (Lipinski definition) is 3. The maximum Gasteiger partial charge on any atom is 0.416 e. The van der Waals surface area contributed by atoms with Crippen LogP contribution in [-0.4, -0.2) is 20.3 Å². The summed E-state index contributed by atoms with van der Waals surface area (Å²) in [6, 6.07) is 2.14. The average Bonchev–Trinajstić information content (AvgIpc) is 3.30. The highest BCUT2D eigenvalue weighted by Crippen LogP contribution is 2.33. The summed E-state index contributed by atoms with van der Waals surface area (Å²) in [7, 11) is 0. The van der Waals surface area contributed by atoms with Crippen LogP contribution in [0.1, 0.15) is 50.6 Å². The van der Waals surface area contributed by atoms with E-state index in [-0.39, 0.29) is 5.92 Å². The van der Waals surface area contributed by atoms with E-state index in [1.807, 2.05) is 6.92 Å². The Bertz CT molecular complexity index is 882. The Morgan fingerprint density at radius 2 is 2.00 bits per heavy atom. The summed E-state index contributed by atoms with van der Waals surface area (Å²) in [5.74, 6) is 0.163. The third-order valence-corrected chi connectivity index (χ3v) is 5.16. The van der Waals surface area contributed by atoms with E-state index in [1.54, 1.807) is 16.9 Å². The molecule has 0 radical (unpaired) electrons. The number of pyridine rings is 1. The monoisotopic (exact) mass is 396 g/mol. The van der Waals surface area contributed by atoms with Crippen molar-refractivity contribution in [2.24, 2.45) is 5.92 Å². The largest absolute Gasteiger partial charge is 0.416 e. The van der Waals surface area contributed by atoms with Gasteiger partial charge in [0.1, 0.15) is 6.04 Å². The molecule has 1 aliphatic carbocycles. The van der Waals surface area contributed by atoms with Crippen LogP contribution in [0.25, 0.3) is 0 Å². The first-order valence-corrected chi connectivity index (χ1v) is 9.41. The molecule has 0 aromatic carbocycles. The van der Waals surface area contributed by atoms with Crippen LogP contribution in [0.5, 0.6) is 0 Å². The highest BCUT2D eigenvalue weighted by molar-refractivity contribution is 5.92. The van der Waals surface area contributed by atoms with Crippen molar-refractivity contribution >= 4 is 11.7 Å². The summed E-state index contributed by atoms with van der Waals surface area (Å²) in [5.41, 5.74) is -1.86. The lowest BCUT2D eigenvalue weighted by Gasteiger charge is -2.22. The maximum atomic E-state index is 12.9. The summed E-state index contributed by atoms with van der Waals surface area (Å²) in [4.78, 5) is 25.3. The fourth-order valence-corrected chi connectivity index (χ4v) is 3.65. The molecule has 152 valence electrons. The van der Waals surface area contributed by atoms with Crippen LogP contribution < -0.4 is 10.9 Å². The number of nitrogens with one attached hydrogen (secondary N) is 1. The zero-order valence-electron chi connectivity index (χ0n) is 15.6. The fraction of sp³-hybridized carbons (Fsp3) is 0.526. The van der Waals surface area contributed by atoms with E-state index >= 15 is 0 Å². The zero-order chi connectivity index (χ0) is 20.3. The molecule has 1 unspecified atom stereocenters. The summed E-state index contributed by atoms with van der Waals surface area (Å²) in [6.07, 6.45) is 2.60. The Morgan fingerprint density at radius 1 is 1.29 bits per heavy atom. The van der Waals surface area contributed by atoms with Crippen LogP contribution >= 0.6 is 0 Å². The van der Waals surface area contributed by atoms with Gasteiger partial charge in [-0.25, -0.2) is 0 Å². The van der Waals surface area contributed by atoms with E-state index in [0.29, 0.717) is 24.8 Å². The summed E-state index contributed by atoms with van der Waals surface area (Å²) in [6.45, 7) is 2.54. The minimum Gasteiger partial charge on any atom is -0.307 e. The van der Waals surface area contributed by atoms with Crippen LogP contribution in [0.15, 0.2) is 35.4 Å². The second-order valence-corrected chi connectivity index (χ2v) is 7.11. The van der Waals surface area contributed by atoms with Gasteiger partial charge in [0, 0.05) is 31.1 Å². The Labute approximate surface area is 160 Å². The van der Waals surface area contributed by atoms with Gasteiger partial charge in [-0.15, -0.1) is 0 Å². The zero-order valence-corrected chi connectivity index (χ0v) is 15.6.